The molecule has 0 spiro atoms. The number of methoxy groups -OCH3 is 2. The molecule has 2 unspecified atom stereocenters. The highest BCUT2D eigenvalue weighted by atomic mass is 19.1. The fraction of sp³-hybridized carbons (Fsp3) is 0.625. The molecule has 0 radical (unpaired) electrons. The van der Waals surface area contributed by atoms with Crippen molar-refractivity contribution in [2.24, 2.45) is 0 Å². The van der Waals surface area contributed by atoms with E-state index in [1.807, 2.05) is 6.92 Å². The Morgan fingerprint density at radius 2 is 2.14 bits per heavy atom. The van der Waals surface area contributed by atoms with Crippen LogP contribution in [0.1, 0.15) is 31.4 Å². The molecule has 118 valence electrons. The molecule has 1 N–H and O–H groups in total. The van der Waals surface area contributed by atoms with Gasteiger partial charge < -0.3 is 19.7 Å². The molecule has 0 amide bonds. The molecule has 1 saturated heterocycles. The van der Waals surface area contributed by atoms with Gasteiger partial charge in [0, 0.05) is 18.6 Å². The first-order valence-electron chi connectivity index (χ1n) is 7.42. The Hall–Kier alpha value is -1.33. The lowest BCUT2D eigenvalue weighted by molar-refractivity contribution is 0.290. The lowest BCUT2D eigenvalue weighted by atomic mass is 10.0. The number of likely N-dealkylation sites (tertiary alicyclic amines) is 1. The van der Waals surface area contributed by atoms with E-state index in [1.165, 1.54) is 26.0 Å². The highest BCUT2D eigenvalue weighted by Crippen LogP contribution is 2.36. The average Bonchev–Trinajstić information content (AvgIpc) is 2.89. The van der Waals surface area contributed by atoms with Crippen LogP contribution in [-0.4, -0.2) is 45.3 Å². The summed E-state index contributed by atoms with van der Waals surface area (Å²) in [6.45, 7) is 4.03. The Morgan fingerprint density at radius 1 is 1.38 bits per heavy atom. The first-order valence-corrected chi connectivity index (χ1v) is 7.42. The fourth-order valence-electron chi connectivity index (χ4n) is 3.00. The third-order valence-corrected chi connectivity index (χ3v) is 4.30. The Kier molecular flexibility index (Phi) is 5.42. The number of nitrogens with zero attached hydrogens (tertiary/aromatic N) is 1. The summed E-state index contributed by atoms with van der Waals surface area (Å²) in [6.07, 6.45) is 2.44. The summed E-state index contributed by atoms with van der Waals surface area (Å²) >= 11 is 0. The van der Waals surface area contributed by atoms with E-state index in [9.17, 15) is 4.39 Å². The van der Waals surface area contributed by atoms with E-state index in [2.05, 4.69) is 17.3 Å². The maximum Gasteiger partial charge on any atom is 0.165 e. The van der Waals surface area contributed by atoms with Gasteiger partial charge in [-0.3, -0.25) is 0 Å². The first-order chi connectivity index (χ1) is 10.1. The number of likely N-dealkylation sites (N-methyl/N-ethyl adjacent to an activating group) is 1. The third kappa shape index (κ3) is 3.47. The average molecular weight is 296 g/mol. The fourth-order valence-corrected chi connectivity index (χ4v) is 3.00. The van der Waals surface area contributed by atoms with Gasteiger partial charge in [0.05, 0.1) is 19.8 Å². The van der Waals surface area contributed by atoms with Crippen molar-refractivity contribution in [2.75, 3.05) is 34.4 Å². The molecule has 0 aromatic heterocycles. The van der Waals surface area contributed by atoms with Gasteiger partial charge in [-0.2, -0.15) is 0 Å². The third-order valence-electron chi connectivity index (χ3n) is 4.30. The van der Waals surface area contributed by atoms with Crippen molar-refractivity contribution in [2.45, 2.75) is 31.8 Å². The highest BCUT2D eigenvalue weighted by molar-refractivity contribution is 5.47. The maximum absolute atomic E-state index is 13.9. The number of rotatable bonds is 6. The van der Waals surface area contributed by atoms with Gasteiger partial charge in [0.1, 0.15) is 5.75 Å². The molecule has 0 bridgehead atoms. The summed E-state index contributed by atoms with van der Waals surface area (Å²) in [4.78, 5) is 2.36. The van der Waals surface area contributed by atoms with Crippen LogP contribution in [0.2, 0.25) is 0 Å². The van der Waals surface area contributed by atoms with Crippen molar-refractivity contribution in [1.29, 1.82) is 0 Å². The van der Waals surface area contributed by atoms with E-state index < -0.39 is 0 Å². The molecular formula is C16H25FN2O2. The van der Waals surface area contributed by atoms with Crippen LogP contribution < -0.4 is 14.8 Å². The molecule has 4 nitrogen and oxygen atoms in total. The van der Waals surface area contributed by atoms with E-state index in [-0.39, 0.29) is 17.6 Å². The Labute approximate surface area is 126 Å². The Morgan fingerprint density at radius 3 is 2.71 bits per heavy atom. The Bertz CT molecular complexity index is 482. The van der Waals surface area contributed by atoms with Crippen molar-refractivity contribution >= 4 is 0 Å². The summed E-state index contributed by atoms with van der Waals surface area (Å²) in [5.74, 6) is 0.544. The molecule has 2 atom stereocenters. The van der Waals surface area contributed by atoms with Crippen LogP contribution in [-0.2, 0) is 0 Å². The molecule has 1 aromatic carbocycles. The van der Waals surface area contributed by atoms with Crippen LogP contribution in [0.25, 0.3) is 0 Å². The highest BCUT2D eigenvalue weighted by Gasteiger charge is 2.24. The van der Waals surface area contributed by atoms with Gasteiger partial charge >= 0.3 is 0 Å². The van der Waals surface area contributed by atoms with Gasteiger partial charge in [0.25, 0.3) is 0 Å². The van der Waals surface area contributed by atoms with Crippen molar-refractivity contribution in [3.05, 3.63) is 23.5 Å². The van der Waals surface area contributed by atoms with Crippen LogP contribution in [0.3, 0.4) is 0 Å². The zero-order chi connectivity index (χ0) is 15.4. The molecule has 2 rings (SSSR count). The summed E-state index contributed by atoms with van der Waals surface area (Å²) in [5, 5.41) is 3.48. The number of halogens is 1. The van der Waals surface area contributed by atoms with E-state index >= 15 is 0 Å². The molecule has 0 aliphatic carbocycles. The quantitative estimate of drug-likeness (QED) is 0.875. The lowest BCUT2D eigenvalue weighted by Gasteiger charge is -2.24. The van der Waals surface area contributed by atoms with Gasteiger partial charge in [-0.15, -0.1) is 0 Å². The summed E-state index contributed by atoms with van der Waals surface area (Å²) in [6, 6.07) is 3.52. The van der Waals surface area contributed by atoms with Crippen molar-refractivity contribution < 1.29 is 13.9 Å². The van der Waals surface area contributed by atoms with Gasteiger partial charge in [-0.1, -0.05) is 0 Å². The minimum absolute atomic E-state index is 0.0420. The van der Waals surface area contributed by atoms with Crippen molar-refractivity contribution in [3.63, 3.8) is 0 Å². The van der Waals surface area contributed by atoms with Crippen LogP contribution in [0.4, 0.5) is 4.39 Å². The lowest BCUT2D eigenvalue weighted by Crippen LogP contribution is -2.36. The van der Waals surface area contributed by atoms with E-state index in [0.717, 1.165) is 18.7 Å². The zero-order valence-corrected chi connectivity index (χ0v) is 13.3. The molecule has 1 heterocycles. The predicted octanol–water partition coefficient (Wildman–Crippen LogP) is 2.59. The topological polar surface area (TPSA) is 33.7 Å². The SMILES string of the molecule is COc1ccc(F)c(OC)c1C(C)NCC1CCCN1C. The molecule has 1 aromatic rings. The number of nitrogens with one attached hydrogen (secondary N) is 1. The van der Waals surface area contributed by atoms with E-state index in [4.69, 9.17) is 9.47 Å². The van der Waals surface area contributed by atoms with Crippen LogP contribution in [0.5, 0.6) is 11.5 Å². The van der Waals surface area contributed by atoms with Crippen molar-refractivity contribution in [3.8, 4) is 11.5 Å². The van der Waals surface area contributed by atoms with Crippen LogP contribution >= 0.6 is 0 Å². The molecule has 0 saturated carbocycles. The smallest absolute Gasteiger partial charge is 0.165 e. The van der Waals surface area contributed by atoms with Crippen LogP contribution in [0.15, 0.2) is 12.1 Å². The predicted molar refractivity (Wildman–Crippen MR) is 81.6 cm³/mol. The Balaban J connectivity index is 2.13. The van der Waals surface area contributed by atoms with Crippen LogP contribution in [0, 0.1) is 5.82 Å². The zero-order valence-electron chi connectivity index (χ0n) is 13.3. The normalized spacial score (nSPS) is 20.5. The van der Waals surface area contributed by atoms with Gasteiger partial charge in [-0.25, -0.2) is 4.39 Å². The second kappa shape index (κ2) is 7.09. The largest absolute Gasteiger partial charge is 0.496 e. The number of hydrogen-bond donors (Lipinski definition) is 1. The maximum atomic E-state index is 13.9. The van der Waals surface area contributed by atoms with E-state index in [0.29, 0.717) is 11.8 Å². The van der Waals surface area contributed by atoms with E-state index in [1.54, 1.807) is 13.2 Å². The summed E-state index contributed by atoms with van der Waals surface area (Å²) < 4.78 is 24.5. The number of benzene rings is 1. The minimum atomic E-state index is -0.361. The molecule has 21 heavy (non-hydrogen) atoms. The molecule has 1 aliphatic heterocycles. The monoisotopic (exact) mass is 296 g/mol. The molecule has 5 heteroatoms. The van der Waals surface area contributed by atoms with Gasteiger partial charge in [-0.05, 0) is 45.5 Å². The molecular weight excluding hydrogens is 271 g/mol. The van der Waals surface area contributed by atoms with Gasteiger partial charge in [0.2, 0.25) is 0 Å². The second-order valence-electron chi connectivity index (χ2n) is 5.60. The standard InChI is InChI=1S/C16H25FN2O2/c1-11(18-10-12-6-5-9-19(12)2)15-14(20-3)8-7-13(17)16(15)21-4/h7-8,11-12,18H,5-6,9-10H2,1-4H3. The first kappa shape index (κ1) is 16.0. The summed E-state index contributed by atoms with van der Waals surface area (Å²) in [5.41, 5.74) is 0.737. The van der Waals surface area contributed by atoms with Crippen molar-refractivity contribution in [1.82, 2.24) is 10.2 Å². The number of hydrogen-bond acceptors (Lipinski definition) is 4. The molecule has 1 fully saturated rings. The van der Waals surface area contributed by atoms with Gasteiger partial charge in [0.15, 0.2) is 11.6 Å². The minimum Gasteiger partial charge on any atom is -0.496 e. The molecule has 1 aliphatic rings. The summed E-state index contributed by atoms with van der Waals surface area (Å²) in [7, 11) is 5.22. The second-order valence-corrected chi connectivity index (χ2v) is 5.60. The number of ether oxygens (including phenoxy) is 2.